The van der Waals surface area contributed by atoms with Gasteiger partial charge in [0.05, 0.1) is 19.8 Å². The van der Waals surface area contributed by atoms with Crippen molar-refractivity contribution < 1.29 is 37.1 Å². The largest absolute Gasteiger partial charge is 0.500 e. The molecule has 0 atom stereocenters. The number of hydrogen-bond donors (Lipinski definition) is 1. The highest BCUT2D eigenvalue weighted by Crippen LogP contribution is 2.21. The molecule has 1 N–H and O–H groups in total. The number of esters is 1. The van der Waals surface area contributed by atoms with E-state index in [4.69, 9.17) is 27.5 Å². The van der Waals surface area contributed by atoms with Gasteiger partial charge in [-0.2, -0.15) is 0 Å². The second-order valence-corrected chi connectivity index (χ2v) is 10.7. The Morgan fingerprint density at radius 2 is 1.26 bits per heavy atom. The summed E-state index contributed by atoms with van der Waals surface area (Å²) in [4.78, 5) is 22.4. The summed E-state index contributed by atoms with van der Waals surface area (Å²) >= 11 is 0. The summed E-state index contributed by atoms with van der Waals surface area (Å²) in [5.74, 6) is -0.479. The number of hydrogen-bond acceptors (Lipinski definition) is 8. The van der Waals surface area contributed by atoms with Crippen LogP contribution in [-0.2, 0) is 32.3 Å². The lowest BCUT2D eigenvalue weighted by atomic mass is 10.1. The average Bonchev–Trinajstić information content (AvgIpc) is 2.84. The third-order valence-corrected chi connectivity index (χ3v) is 8.26. The molecule has 0 spiro atoms. The lowest BCUT2D eigenvalue weighted by Gasteiger charge is -2.28. The van der Waals surface area contributed by atoms with Gasteiger partial charge in [-0.05, 0) is 33.6 Å². The van der Waals surface area contributed by atoms with Gasteiger partial charge in [0.2, 0.25) is 0 Å². The molecular formula is C25H49NO8Si. The molecule has 0 fully saturated rings. The second kappa shape index (κ2) is 24.2. The summed E-state index contributed by atoms with van der Waals surface area (Å²) in [6.07, 6.45) is 10.9. The van der Waals surface area contributed by atoms with Crippen LogP contribution in [0.2, 0.25) is 6.04 Å². The van der Waals surface area contributed by atoms with Crippen molar-refractivity contribution in [3.63, 3.8) is 0 Å². The number of alkyl carbamates (subject to hydrolysis) is 1. The van der Waals surface area contributed by atoms with E-state index in [0.717, 1.165) is 37.8 Å². The van der Waals surface area contributed by atoms with Gasteiger partial charge in [0, 0.05) is 38.5 Å². The molecule has 9 nitrogen and oxygen atoms in total. The van der Waals surface area contributed by atoms with Crippen LogP contribution in [0, 0.1) is 0 Å². The first-order valence-corrected chi connectivity index (χ1v) is 15.2. The molecule has 0 aliphatic heterocycles. The minimum Gasteiger partial charge on any atom is -0.460 e. The lowest BCUT2D eigenvalue weighted by Crippen LogP contribution is -2.45. The molecule has 1 amide bonds. The smallest absolute Gasteiger partial charge is 0.460 e. The Bertz CT molecular complexity index is 519. The molecule has 0 aromatic heterocycles. The topological polar surface area (TPSA) is 102 Å². The molecule has 10 heteroatoms. The second-order valence-electron chi connectivity index (χ2n) is 7.96. The number of carbonyl (C=O) groups excluding carboxylic acids is 2. The van der Waals surface area contributed by atoms with Crippen molar-refractivity contribution in [3.05, 3.63) is 12.7 Å². The lowest BCUT2D eigenvalue weighted by molar-refractivity contribution is -0.139. The maximum absolute atomic E-state index is 11.6. The Hall–Kier alpha value is -1.46. The van der Waals surface area contributed by atoms with Crippen molar-refractivity contribution in [2.45, 2.75) is 84.6 Å². The minimum absolute atomic E-state index is 0.161. The molecular weight excluding hydrogens is 470 g/mol. The van der Waals surface area contributed by atoms with Gasteiger partial charge >= 0.3 is 20.9 Å². The molecule has 0 saturated heterocycles. The van der Waals surface area contributed by atoms with Gasteiger partial charge in [0.15, 0.2) is 0 Å². The summed E-state index contributed by atoms with van der Waals surface area (Å²) in [6.45, 7) is 12.7. The van der Waals surface area contributed by atoms with E-state index in [1.54, 1.807) is 0 Å². The van der Waals surface area contributed by atoms with Crippen molar-refractivity contribution in [2.75, 3.05) is 52.8 Å². The third kappa shape index (κ3) is 20.4. The Kier molecular flexibility index (Phi) is 23.2. The fraction of sp³-hybridized carbons (Fsp3) is 0.840. The number of ether oxygens (including phenoxy) is 3. The molecule has 0 aromatic carbocycles. The van der Waals surface area contributed by atoms with Crippen LogP contribution in [0.5, 0.6) is 0 Å². The molecule has 0 unspecified atom stereocenters. The molecule has 0 rings (SSSR count). The standard InChI is InChI=1S/C25H49NO8Si/c1-5-24(27)30-22-21-29-20-18-26-25(28)31-19-16-14-12-10-9-11-13-15-17-23-35(32-6-2,33-7-3)34-8-4/h5H,1,6-23H2,2-4H3,(H,26,28). The normalized spacial score (nSPS) is 11.3. The van der Waals surface area contributed by atoms with E-state index >= 15 is 0 Å². The Labute approximate surface area is 213 Å². The van der Waals surface area contributed by atoms with Gasteiger partial charge in [-0.15, -0.1) is 0 Å². The number of unbranched alkanes of at least 4 members (excludes halogenated alkanes) is 8. The number of rotatable bonds is 25. The van der Waals surface area contributed by atoms with Crippen molar-refractivity contribution >= 4 is 20.9 Å². The van der Waals surface area contributed by atoms with E-state index in [9.17, 15) is 9.59 Å². The first kappa shape index (κ1) is 33.5. The highest BCUT2D eigenvalue weighted by atomic mass is 28.4. The zero-order valence-corrected chi connectivity index (χ0v) is 23.3. The van der Waals surface area contributed by atoms with Crippen LogP contribution in [0.1, 0.15) is 78.6 Å². The monoisotopic (exact) mass is 519 g/mol. The Morgan fingerprint density at radius 3 is 1.80 bits per heavy atom. The van der Waals surface area contributed by atoms with E-state index in [0.29, 0.717) is 39.6 Å². The molecule has 0 saturated carbocycles. The van der Waals surface area contributed by atoms with Crippen molar-refractivity contribution in [2.24, 2.45) is 0 Å². The van der Waals surface area contributed by atoms with Gasteiger partial charge in [-0.1, -0.05) is 51.5 Å². The van der Waals surface area contributed by atoms with E-state index in [1.807, 2.05) is 20.8 Å². The summed E-state index contributed by atoms with van der Waals surface area (Å²) in [7, 11) is -2.48. The summed E-state index contributed by atoms with van der Waals surface area (Å²) in [5.41, 5.74) is 0. The highest BCUT2D eigenvalue weighted by molar-refractivity contribution is 6.60. The predicted octanol–water partition coefficient (Wildman–Crippen LogP) is 5.02. The zero-order chi connectivity index (χ0) is 26.0. The average molecular weight is 520 g/mol. The molecule has 0 heterocycles. The SMILES string of the molecule is C=CC(=O)OCCOCCNC(=O)OCCCCCCCCCCC[Si](OCC)(OCC)OCC. The van der Waals surface area contributed by atoms with Gasteiger partial charge < -0.3 is 32.8 Å². The first-order chi connectivity index (χ1) is 17.0. The van der Waals surface area contributed by atoms with Crippen LogP contribution >= 0.6 is 0 Å². The minimum atomic E-state index is -2.48. The Morgan fingerprint density at radius 1 is 0.714 bits per heavy atom. The van der Waals surface area contributed by atoms with Gasteiger partial charge in [-0.25, -0.2) is 9.59 Å². The van der Waals surface area contributed by atoms with Gasteiger partial charge in [-0.3, -0.25) is 0 Å². The molecule has 0 aromatic rings. The highest BCUT2D eigenvalue weighted by Gasteiger charge is 2.39. The fourth-order valence-corrected chi connectivity index (χ4v) is 6.17. The van der Waals surface area contributed by atoms with Crippen LogP contribution < -0.4 is 5.32 Å². The van der Waals surface area contributed by atoms with Crippen LogP contribution in [0.25, 0.3) is 0 Å². The van der Waals surface area contributed by atoms with E-state index in [-0.39, 0.29) is 13.2 Å². The zero-order valence-electron chi connectivity index (χ0n) is 22.3. The quantitative estimate of drug-likeness (QED) is 0.0777. The predicted molar refractivity (Wildman–Crippen MR) is 138 cm³/mol. The maximum Gasteiger partial charge on any atom is 0.500 e. The van der Waals surface area contributed by atoms with Crippen LogP contribution in [-0.4, -0.2) is 73.7 Å². The van der Waals surface area contributed by atoms with E-state index < -0.39 is 20.9 Å². The summed E-state index contributed by atoms with van der Waals surface area (Å²) in [5, 5.41) is 2.63. The fourth-order valence-electron chi connectivity index (χ4n) is 3.49. The molecule has 0 aliphatic carbocycles. The molecule has 0 bridgehead atoms. The maximum atomic E-state index is 11.6. The van der Waals surface area contributed by atoms with E-state index in [2.05, 4.69) is 11.9 Å². The third-order valence-electron chi connectivity index (χ3n) is 5.11. The molecule has 0 radical (unpaired) electrons. The summed E-state index contributed by atoms with van der Waals surface area (Å²) in [6, 6.07) is 0.899. The summed E-state index contributed by atoms with van der Waals surface area (Å²) < 4.78 is 32.9. The molecule has 206 valence electrons. The van der Waals surface area contributed by atoms with E-state index in [1.165, 1.54) is 32.1 Å². The van der Waals surface area contributed by atoms with Crippen LogP contribution in [0.3, 0.4) is 0 Å². The molecule has 35 heavy (non-hydrogen) atoms. The Balaban J connectivity index is 3.50. The van der Waals surface area contributed by atoms with Crippen LogP contribution in [0.15, 0.2) is 12.7 Å². The number of nitrogens with one attached hydrogen (secondary N) is 1. The molecule has 0 aliphatic rings. The number of carbonyl (C=O) groups is 2. The first-order valence-electron chi connectivity index (χ1n) is 13.2. The van der Waals surface area contributed by atoms with Crippen molar-refractivity contribution in [1.29, 1.82) is 0 Å². The van der Waals surface area contributed by atoms with Crippen LogP contribution in [0.4, 0.5) is 4.79 Å². The number of amides is 1. The van der Waals surface area contributed by atoms with Gasteiger partial charge in [0.1, 0.15) is 6.61 Å². The van der Waals surface area contributed by atoms with Crippen molar-refractivity contribution in [1.82, 2.24) is 5.32 Å². The van der Waals surface area contributed by atoms with Gasteiger partial charge in [0.25, 0.3) is 0 Å². The van der Waals surface area contributed by atoms with Crippen molar-refractivity contribution in [3.8, 4) is 0 Å².